The van der Waals surface area contributed by atoms with Crippen molar-refractivity contribution in [1.82, 2.24) is 0 Å². The van der Waals surface area contributed by atoms with Crippen LogP contribution in [0.4, 0.5) is 0 Å². The Morgan fingerprint density at radius 3 is 2.50 bits per heavy atom. The average Bonchev–Trinajstić information content (AvgIpc) is 1.87. The third kappa shape index (κ3) is 5.29. The number of carbonyl (C=O) groups is 1. The molecule has 0 bridgehead atoms. The van der Waals surface area contributed by atoms with Crippen LogP contribution in [0.3, 0.4) is 0 Å². The molecule has 56 valence electrons. The Hall–Kier alpha value is -0.850. The molecule has 10 heavy (non-hydrogen) atoms. The lowest BCUT2D eigenvalue weighted by Gasteiger charge is -1.90. The van der Waals surface area contributed by atoms with Crippen LogP contribution < -0.4 is 0 Å². The van der Waals surface area contributed by atoms with E-state index in [-0.39, 0.29) is 5.78 Å². The summed E-state index contributed by atoms with van der Waals surface area (Å²) in [5, 5.41) is 0. The van der Waals surface area contributed by atoms with Gasteiger partial charge in [0.15, 0.2) is 0 Å². The van der Waals surface area contributed by atoms with Crippen LogP contribution in [0.2, 0.25) is 0 Å². The third-order valence-corrected chi connectivity index (χ3v) is 1.28. The zero-order valence-corrected chi connectivity index (χ0v) is 6.68. The summed E-state index contributed by atoms with van der Waals surface area (Å²) in [6.45, 7) is 7.19. The maximum atomic E-state index is 10.5. The van der Waals surface area contributed by atoms with Gasteiger partial charge in [0.1, 0.15) is 5.78 Å². The fraction of sp³-hybridized carbons (Fsp3) is 0.444. The molecular formula is C9H14O. The summed E-state index contributed by atoms with van der Waals surface area (Å²) >= 11 is 0. The molecule has 1 nitrogen and oxygen atoms in total. The summed E-state index contributed by atoms with van der Waals surface area (Å²) in [6.07, 6.45) is 5.30. The van der Waals surface area contributed by atoms with Gasteiger partial charge in [0.25, 0.3) is 0 Å². The number of rotatable bonds is 4. The average molecular weight is 138 g/mol. The van der Waals surface area contributed by atoms with Gasteiger partial charge in [-0.2, -0.15) is 0 Å². The predicted molar refractivity (Wildman–Crippen MR) is 43.9 cm³/mol. The Morgan fingerprint density at radius 2 is 2.10 bits per heavy atom. The van der Waals surface area contributed by atoms with Gasteiger partial charge in [-0.05, 0) is 20.3 Å². The summed E-state index contributed by atoms with van der Waals surface area (Å²) in [6, 6.07) is 0. The molecule has 1 heteroatoms. The van der Waals surface area contributed by atoms with Gasteiger partial charge < -0.3 is 4.79 Å². The highest BCUT2D eigenvalue weighted by Crippen LogP contribution is 1.98. The molecule has 0 rings (SSSR count). The third-order valence-electron chi connectivity index (χ3n) is 1.28. The lowest BCUT2D eigenvalue weighted by atomic mass is 10.2. The summed E-state index contributed by atoms with van der Waals surface area (Å²) in [4.78, 5) is 10.5. The molecule has 0 radical (unpaired) electrons. The minimum atomic E-state index is 0.244. The van der Waals surface area contributed by atoms with E-state index < -0.39 is 0 Å². The largest absolute Gasteiger partial charge is 0.300 e. The smallest absolute Gasteiger partial charge is 0.130 e. The highest BCUT2D eigenvalue weighted by atomic mass is 16.1. The lowest BCUT2D eigenvalue weighted by Crippen LogP contribution is -1.86. The van der Waals surface area contributed by atoms with Crippen LogP contribution in [0.15, 0.2) is 24.3 Å². The second-order valence-electron chi connectivity index (χ2n) is 2.39. The first kappa shape index (κ1) is 9.15. The molecule has 0 aromatic carbocycles. The van der Waals surface area contributed by atoms with E-state index in [4.69, 9.17) is 0 Å². The number of hydrogen-bond acceptors (Lipinski definition) is 1. The maximum absolute atomic E-state index is 10.5. The van der Waals surface area contributed by atoms with Crippen LogP contribution in [0, 0.1) is 0 Å². The molecule has 0 saturated heterocycles. The zero-order chi connectivity index (χ0) is 7.98. The predicted octanol–water partition coefficient (Wildman–Crippen LogP) is 2.49. The van der Waals surface area contributed by atoms with Crippen molar-refractivity contribution in [2.75, 3.05) is 0 Å². The highest BCUT2D eigenvalue weighted by molar-refractivity contribution is 5.75. The van der Waals surface area contributed by atoms with E-state index in [2.05, 4.69) is 6.58 Å². The van der Waals surface area contributed by atoms with Gasteiger partial charge in [0.05, 0.1) is 0 Å². The van der Waals surface area contributed by atoms with Crippen LogP contribution in [0.25, 0.3) is 0 Å². The molecule has 0 spiro atoms. The first-order valence-corrected chi connectivity index (χ1v) is 3.45. The second-order valence-corrected chi connectivity index (χ2v) is 2.39. The Labute approximate surface area is 62.4 Å². The monoisotopic (exact) mass is 138 g/mol. The SMILES string of the molecule is C=C/C(C)=C/CCC(C)=O. The van der Waals surface area contributed by atoms with Gasteiger partial charge in [-0.3, -0.25) is 0 Å². The van der Waals surface area contributed by atoms with Gasteiger partial charge in [-0.15, -0.1) is 0 Å². The molecule has 0 heterocycles. The van der Waals surface area contributed by atoms with E-state index in [1.165, 1.54) is 0 Å². The molecule has 0 unspecified atom stereocenters. The molecule has 0 aromatic rings. The number of ketones is 1. The summed E-state index contributed by atoms with van der Waals surface area (Å²) < 4.78 is 0. The van der Waals surface area contributed by atoms with Gasteiger partial charge in [-0.25, -0.2) is 0 Å². The van der Waals surface area contributed by atoms with Crippen LogP contribution in [0.1, 0.15) is 26.7 Å². The highest BCUT2D eigenvalue weighted by Gasteiger charge is 1.88. The minimum Gasteiger partial charge on any atom is -0.300 e. The number of Topliss-reactive ketones (excluding diaryl/α,β-unsaturated/α-hetero) is 1. The second kappa shape index (κ2) is 4.98. The summed E-state index contributed by atoms with van der Waals surface area (Å²) in [7, 11) is 0. The summed E-state index contributed by atoms with van der Waals surface area (Å²) in [5.74, 6) is 0.244. The van der Waals surface area contributed by atoms with Crippen LogP contribution in [-0.4, -0.2) is 5.78 Å². The minimum absolute atomic E-state index is 0.244. The molecule has 0 saturated carbocycles. The molecule has 0 amide bonds. The molecule has 0 aliphatic rings. The van der Waals surface area contributed by atoms with E-state index in [1.807, 2.05) is 13.0 Å². The molecule has 0 atom stereocenters. The van der Waals surface area contributed by atoms with Crippen molar-refractivity contribution < 1.29 is 4.79 Å². The van der Waals surface area contributed by atoms with Crippen molar-refractivity contribution in [1.29, 1.82) is 0 Å². The number of allylic oxidation sites excluding steroid dienone is 3. The Kier molecular flexibility index (Phi) is 4.55. The molecule has 0 aliphatic heterocycles. The summed E-state index contributed by atoms with van der Waals surface area (Å²) in [5.41, 5.74) is 1.14. The lowest BCUT2D eigenvalue weighted by molar-refractivity contribution is -0.116. The van der Waals surface area contributed by atoms with E-state index in [0.29, 0.717) is 6.42 Å². The zero-order valence-electron chi connectivity index (χ0n) is 6.68. The van der Waals surface area contributed by atoms with Crippen LogP contribution >= 0.6 is 0 Å². The quantitative estimate of drug-likeness (QED) is 0.545. The van der Waals surface area contributed by atoms with E-state index in [9.17, 15) is 4.79 Å². The standard InChI is InChI=1S/C9H14O/c1-4-8(2)6-5-7-9(3)10/h4,6H,1,5,7H2,2-3H3/b8-6+. The number of carbonyl (C=O) groups excluding carboxylic acids is 1. The molecule has 0 aromatic heterocycles. The van der Waals surface area contributed by atoms with Crippen molar-refractivity contribution in [2.45, 2.75) is 26.7 Å². The van der Waals surface area contributed by atoms with Gasteiger partial charge in [0, 0.05) is 6.42 Å². The fourth-order valence-electron chi connectivity index (χ4n) is 0.586. The Bertz CT molecular complexity index is 154. The van der Waals surface area contributed by atoms with Crippen LogP contribution in [0.5, 0.6) is 0 Å². The van der Waals surface area contributed by atoms with Crippen molar-refractivity contribution in [3.63, 3.8) is 0 Å². The van der Waals surface area contributed by atoms with Gasteiger partial charge >= 0.3 is 0 Å². The normalized spacial score (nSPS) is 11.2. The van der Waals surface area contributed by atoms with Crippen LogP contribution in [-0.2, 0) is 4.79 Å². The maximum Gasteiger partial charge on any atom is 0.130 e. The van der Waals surface area contributed by atoms with Crippen molar-refractivity contribution >= 4 is 5.78 Å². The fourth-order valence-corrected chi connectivity index (χ4v) is 0.586. The van der Waals surface area contributed by atoms with E-state index in [0.717, 1.165) is 12.0 Å². The van der Waals surface area contributed by atoms with E-state index >= 15 is 0 Å². The number of hydrogen-bond donors (Lipinski definition) is 0. The first-order valence-electron chi connectivity index (χ1n) is 3.45. The molecule has 0 N–H and O–H groups in total. The first-order chi connectivity index (χ1) is 4.66. The topological polar surface area (TPSA) is 17.1 Å². The molecule has 0 fully saturated rings. The van der Waals surface area contributed by atoms with Gasteiger partial charge in [-0.1, -0.05) is 24.3 Å². The van der Waals surface area contributed by atoms with E-state index in [1.54, 1.807) is 13.0 Å². The Balaban J connectivity index is 3.52. The molecule has 0 aliphatic carbocycles. The van der Waals surface area contributed by atoms with Crippen molar-refractivity contribution in [2.24, 2.45) is 0 Å². The Morgan fingerprint density at radius 1 is 1.50 bits per heavy atom. The van der Waals surface area contributed by atoms with Crippen molar-refractivity contribution in [3.8, 4) is 0 Å². The molecular weight excluding hydrogens is 124 g/mol. The van der Waals surface area contributed by atoms with Crippen molar-refractivity contribution in [3.05, 3.63) is 24.3 Å². The van der Waals surface area contributed by atoms with Gasteiger partial charge in [0.2, 0.25) is 0 Å².